The molecule has 1 aromatic carbocycles. The molecule has 1 aliphatic heterocycles. The van der Waals surface area contributed by atoms with Crippen LogP contribution >= 0.6 is 7.75 Å². The van der Waals surface area contributed by atoms with Crippen LogP contribution in [0.3, 0.4) is 0 Å². The number of nitrogens with zero attached hydrogens (tertiary/aromatic N) is 2. The minimum atomic E-state index is -4.38. The van der Waals surface area contributed by atoms with Crippen molar-refractivity contribution in [1.82, 2.24) is 19.7 Å². The van der Waals surface area contributed by atoms with Crippen molar-refractivity contribution in [3.63, 3.8) is 0 Å². The van der Waals surface area contributed by atoms with Gasteiger partial charge in [-0.25, -0.2) is 9.08 Å². The molecule has 0 aliphatic carbocycles. The molecular weight excluding hydrogens is 545 g/mol. The Balaban J connectivity index is 1.61. The van der Waals surface area contributed by atoms with Crippen LogP contribution in [0.5, 0.6) is 5.75 Å². The number of fused-ring (bicyclic) bond motifs is 1. The zero-order chi connectivity index (χ0) is 29.2. The molecule has 1 unspecified atom stereocenters. The number of nitrogen functional groups attached to an aromatic ring is 1. The summed E-state index contributed by atoms with van der Waals surface area (Å²) in [6, 6.07) is 9.78. The first kappa shape index (κ1) is 29.3. The van der Waals surface area contributed by atoms with Crippen LogP contribution in [-0.4, -0.2) is 67.3 Å². The van der Waals surface area contributed by atoms with Crippen molar-refractivity contribution < 1.29 is 38.1 Å². The van der Waals surface area contributed by atoms with Gasteiger partial charge in [0.15, 0.2) is 5.60 Å². The Morgan fingerprint density at radius 1 is 1.30 bits per heavy atom. The molecule has 14 nitrogen and oxygen atoms in total. The predicted molar refractivity (Wildman–Crippen MR) is 142 cm³/mol. The molecule has 0 radical (unpaired) electrons. The minimum absolute atomic E-state index is 0.108. The third kappa shape index (κ3) is 5.90. The number of carbonyl (C=O) groups is 1. The van der Waals surface area contributed by atoms with E-state index in [4.69, 9.17) is 30.7 Å². The quantitative estimate of drug-likeness (QED) is 0.130. The minimum Gasteiger partial charge on any atom is -0.462 e. The van der Waals surface area contributed by atoms with Crippen molar-refractivity contribution in [1.29, 1.82) is 0 Å². The molecule has 6 atom stereocenters. The Labute approximate surface area is 229 Å². The Morgan fingerprint density at radius 3 is 2.65 bits per heavy atom. The van der Waals surface area contributed by atoms with E-state index in [2.05, 4.69) is 21.1 Å². The standard InChI is InChI=1S/C25H30N5O9P/c1-5-25(21(32)19(31)20(38-25)17-11-12-18-22(33)27-24(26)28-30(17)18)13-36-40(35,39-16-9-7-6-8-10-16)29-15(4)23(34)37-14(2)3/h1,6-12,14-15,19-21,31-32H,13H2,2-4H3,(H,29,35)(H3,26,27,28,33)/t15-,19?,20-,21+,25+,40-/m0/s1. The smallest absolute Gasteiger partial charge is 0.459 e. The van der Waals surface area contributed by atoms with Crippen LogP contribution in [0.15, 0.2) is 47.3 Å². The number of aromatic nitrogens is 3. The molecule has 2 aromatic heterocycles. The van der Waals surface area contributed by atoms with Gasteiger partial charge in [-0.2, -0.15) is 5.09 Å². The first-order valence-corrected chi connectivity index (χ1v) is 13.8. The van der Waals surface area contributed by atoms with Crippen LogP contribution in [0.1, 0.15) is 32.6 Å². The average molecular weight is 576 g/mol. The summed E-state index contributed by atoms with van der Waals surface area (Å²) in [4.78, 5) is 27.0. The van der Waals surface area contributed by atoms with Gasteiger partial charge in [-0.3, -0.25) is 19.1 Å². The number of para-hydroxylation sites is 1. The van der Waals surface area contributed by atoms with Gasteiger partial charge in [-0.1, -0.05) is 24.1 Å². The zero-order valence-electron chi connectivity index (χ0n) is 21.9. The largest absolute Gasteiger partial charge is 0.462 e. The van der Waals surface area contributed by atoms with Crippen molar-refractivity contribution >= 4 is 25.2 Å². The number of hydrogen-bond acceptors (Lipinski definition) is 11. The summed E-state index contributed by atoms with van der Waals surface area (Å²) in [6.45, 7) is 3.99. The summed E-state index contributed by atoms with van der Waals surface area (Å²) < 4.78 is 37.3. The van der Waals surface area contributed by atoms with Crippen molar-refractivity contribution in [3.05, 3.63) is 58.5 Å². The molecule has 4 rings (SSSR count). The number of hydrogen-bond donors (Lipinski definition) is 5. The molecule has 6 N–H and O–H groups in total. The van der Waals surface area contributed by atoms with E-state index in [9.17, 15) is 24.4 Å². The van der Waals surface area contributed by atoms with Crippen LogP contribution < -0.4 is 20.9 Å². The molecular formula is C25H30N5O9P. The number of anilines is 1. The van der Waals surface area contributed by atoms with Gasteiger partial charge in [-0.05, 0) is 45.0 Å². The molecule has 1 saturated heterocycles. The predicted octanol–water partition coefficient (Wildman–Crippen LogP) is 0.903. The van der Waals surface area contributed by atoms with E-state index < -0.39 is 61.9 Å². The maximum atomic E-state index is 13.8. The second-order valence-electron chi connectivity index (χ2n) is 9.41. The number of nitrogens with two attached hydrogens (primary N) is 1. The van der Waals surface area contributed by atoms with Crippen molar-refractivity contribution in [2.75, 3.05) is 12.3 Å². The molecule has 15 heteroatoms. The van der Waals surface area contributed by atoms with Crippen molar-refractivity contribution in [2.45, 2.75) is 56.8 Å². The number of aliphatic hydroxyl groups is 2. The molecule has 40 heavy (non-hydrogen) atoms. The topological polar surface area (TPSA) is 200 Å². The monoisotopic (exact) mass is 575 g/mol. The summed E-state index contributed by atoms with van der Waals surface area (Å²) in [5.74, 6) is 1.53. The summed E-state index contributed by atoms with van der Waals surface area (Å²) in [5, 5.41) is 28.4. The van der Waals surface area contributed by atoms with E-state index in [-0.39, 0.29) is 22.9 Å². The second-order valence-corrected chi connectivity index (χ2v) is 11.1. The highest BCUT2D eigenvalue weighted by atomic mass is 31.2. The van der Waals surface area contributed by atoms with E-state index in [1.165, 1.54) is 31.2 Å². The first-order chi connectivity index (χ1) is 18.9. The lowest BCUT2D eigenvalue weighted by Crippen LogP contribution is -2.46. The van der Waals surface area contributed by atoms with Gasteiger partial charge < -0.3 is 29.9 Å². The number of aromatic amines is 1. The fraction of sp³-hybridized carbons (Fsp3) is 0.400. The normalized spacial score (nSPS) is 24.9. The highest BCUT2D eigenvalue weighted by Crippen LogP contribution is 2.48. The molecule has 3 heterocycles. The SMILES string of the molecule is C#C[C@]1(CO[P@@](=O)(N[C@@H](C)C(=O)OC(C)C)Oc2ccccc2)O[C@@H](c2ccc3c(=O)[nH]c(N)nn23)C(O)[C@H]1O. The number of esters is 1. The fourth-order valence-corrected chi connectivity index (χ4v) is 5.62. The summed E-state index contributed by atoms with van der Waals surface area (Å²) >= 11 is 0. The molecule has 1 fully saturated rings. The molecule has 0 amide bonds. The molecule has 0 spiro atoms. The highest BCUT2D eigenvalue weighted by Gasteiger charge is 2.56. The van der Waals surface area contributed by atoms with E-state index in [1.54, 1.807) is 32.0 Å². The van der Waals surface area contributed by atoms with Gasteiger partial charge in [0.25, 0.3) is 5.56 Å². The van der Waals surface area contributed by atoms with Gasteiger partial charge in [0.2, 0.25) is 5.95 Å². The average Bonchev–Trinajstić information content (AvgIpc) is 3.42. The molecule has 0 bridgehead atoms. The Kier molecular flexibility index (Phi) is 8.36. The van der Waals surface area contributed by atoms with Gasteiger partial charge in [-0.15, -0.1) is 11.5 Å². The van der Waals surface area contributed by atoms with Gasteiger partial charge >= 0.3 is 13.7 Å². The summed E-state index contributed by atoms with van der Waals surface area (Å²) in [6.07, 6.45) is 0.679. The van der Waals surface area contributed by atoms with E-state index in [0.29, 0.717) is 0 Å². The number of ether oxygens (including phenoxy) is 2. The van der Waals surface area contributed by atoms with Crippen LogP contribution in [0, 0.1) is 12.3 Å². The van der Waals surface area contributed by atoms with Crippen LogP contribution in [0.2, 0.25) is 0 Å². The highest BCUT2D eigenvalue weighted by molar-refractivity contribution is 7.52. The molecule has 1 aliphatic rings. The number of rotatable bonds is 10. The lowest BCUT2D eigenvalue weighted by molar-refractivity contribution is -0.149. The second kappa shape index (κ2) is 11.4. The third-order valence-corrected chi connectivity index (χ3v) is 7.65. The van der Waals surface area contributed by atoms with Gasteiger partial charge in [0, 0.05) is 0 Å². The Hall–Kier alpha value is -3.70. The van der Waals surface area contributed by atoms with Crippen LogP contribution in [-0.2, 0) is 23.4 Å². The van der Waals surface area contributed by atoms with Crippen molar-refractivity contribution in [3.8, 4) is 18.1 Å². The maximum absolute atomic E-state index is 13.8. The van der Waals surface area contributed by atoms with E-state index in [0.717, 1.165) is 4.52 Å². The molecule has 0 saturated carbocycles. The van der Waals surface area contributed by atoms with E-state index >= 15 is 0 Å². The van der Waals surface area contributed by atoms with Crippen molar-refractivity contribution in [2.24, 2.45) is 0 Å². The summed E-state index contributed by atoms with van der Waals surface area (Å²) in [5.41, 5.74) is 3.38. The zero-order valence-corrected chi connectivity index (χ0v) is 22.8. The third-order valence-electron chi connectivity index (χ3n) is 6.03. The lowest BCUT2D eigenvalue weighted by atomic mass is 9.96. The Bertz CT molecular complexity index is 1520. The number of nitrogens with one attached hydrogen (secondary N) is 2. The molecule has 214 valence electrons. The number of terminal acetylenes is 1. The van der Waals surface area contributed by atoms with Crippen LogP contribution in [0.25, 0.3) is 5.52 Å². The van der Waals surface area contributed by atoms with Crippen LogP contribution in [0.4, 0.5) is 5.95 Å². The maximum Gasteiger partial charge on any atom is 0.459 e. The van der Waals surface area contributed by atoms with Gasteiger partial charge in [0.05, 0.1) is 11.8 Å². The van der Waals surface area contributed by atoms with Gasteiger partial charge in [0.1, 0.15) is 42.2 Å². The van der Waals surface area contributed by atoms with E-state index in [1.807, 2.05) is 0 Å². The number of H-pyrrole nitrogens is 1. The number of aliphatic hydroxyl groups excluding tert-OH is 2. The first-order valence-electron chi connectivity index (χ1n) is 12.2. The Morgan fingerprint density at radius 2 is 2.00 bits per heavy atom. The lowest BCUT2D eigenvalue weighted by Gasteiger charge is -2.29. The fourth-order valence-electron chi connectivity index (χ4n) is 4.09. The number of benzene rings is 1. The summed E-state index contributed by atoms with van der Waals surface area (Å²) in [7, 11) is -4.38. The molecule has 3 aromatic rings. The number of carbonyl (C=O) groups excluding carboxylic acids is 1.